The van der Waals surface area contributed by atoms with Gasteiger partial charge in [0.1, 0.15) is 5.82 Å². The van der Waals surface area contributed by atoms with E-state index in [0.29, 0.717) is 29.5 Å². The van der Waals surface area contributed by atoms with E-state index in [1.54, 1.807) is 6.92 Å². The standard InChI is InChI=1S/C20H29N5O3/c1-13(2)18-21-8-11-25(18)12-15-6-9-24(10-7-15)17(26)5-4-16-14(3)22-20(28)23-19(16)27/h8,11,13,15H,4-7,9-10,12H2,1-3H3,(H2,22,23,27,28). The molecule has 1 aliphatic heterocycles. The Morgan fingerprint density at radius 3 is 2.61 bits per heavy atom. The fourth-order valence-corrected chi connectivity index (χ4v) is 3.94. The van der Waals surface area contributed by atoms with Crippen LogP contribution in [0.3, 0.4) is 0 Å². The van der Waals surface area contributed by atoms with Crippen molar-refractivity contribution in [1.82, 2.24) is 24.4 Å². The van der Waals surface area contributed by atoms with Gasteiger partial charge in [-0.1, -0.05) is 13.8 Å². The van der Waals surface area contributed by atoms with Crippen molar-refractivity contribution in [2.45, 2.75) is 58.9 Å². The van der Waals surface area contributed by atoms with Crippen molar-refractivity contribution in [3.63, 3.8) is 0 Å². The highest BCUT2D eigenvalue weighted by Gasteiger charge is 2.24. The molecule has 1 saturated heterocycles. The first-order chi connectivity index (χ1) is 13.3. The molecule has 0 bridgehead atoms. The molecule has 1 fully saturated rings. The van der Waals surface area contributed by atoms with E-state index in [-0.39, 0.29) is 12.3 Å². The van der Waals surface area contributed by atoms with E-state index in [1.165, 1.54) is 0 Å². The number of rotatable bonds is 6. The lowest BCUT2D eigenvalue weighted by Crippen LogP contribution is -2.39. The minimum atomic E-state index is -0.516. The Balaban J connectivity index is 1.51. The fourth-order valence-electron chi connectivity index (χ4n) is 3.94. The Morgan fingerprint density at radius 2 is 1.96 bits per heavy atom. The molecule has 0 radical (unpaired) electrons. The minimum absolute atomic E-state index is 0.0638. The molecule has 0 saturated carbocycles. The highest BCUT2D eigenvalue weighted by Crippen LogP contribution is 2.22. The van der Waals surface area contributed by atoms with Gasteiger partial charge in [0.15, 0.2) is 0 Å². The topological polar surface area (TPSA) is 104 Å². The second-order valence-electron chi connectivity index (χ2n) is 7.93. The van der Waals surface area contributed by atoms with Crippen molar-refractivity contribution in [2.75, 3.05) is 13.1 Å². The van der Waals surface area contributed by atoms with E-state index >= 15 is 0 Å². The van der Waals surface area contributed by atoms with E-state index in [1.807, 2.05) is 17.3 Å². The SMILES string of the molecule is Cc1[nH]c(=O)[nH]c(=O)c1CCC(=O)N1CCC(Cn2ccnc2C(C)C)CC1. The summed E-state index contributed by atoms with van der Waals surface area (Å²) in [4.78, 5) is 46.9. The van der Waals surface area contributed by atoms with Crippen molar-refractivity contribution in [3.8, 4) is 0 Å². The predicted molar refractivity (Wildman–Crippen MR) is 106 cm³/mol. The fraction of sp³-hybridized carbons (Fsp3) is 0.600. The quantitative estimate of drug-likeness (QED) is 0.785. The number of nitrogens with zero attached hydrogens (tertiary/aromatic N) is 3. The number of aryl methyl sites for hydroxylation is 1. The van der Waals surface area contributed by atoms with Crippen molar-refractivity contribution in [3.05, 3.63) is 50.3 Å². The van der Waals surface area contributed by atoms with Crippen molar-refractivity contribution >= 4 is 5.91 Å². The molecule has 152 valence electrons. The molecule has 0 aliphatic carbocycles. The third-order valence-electron chi connectivity index (χ3n) is 5.53. The zero-order valence-electron chi connectivity index (χ0n) is 16.8. The van der Waals surface area contributed by atoms with Crippen LogP contribution in [-0.2, 0) is 17.8 Å². The summed E-state index contributed by atoms with van der Waals surface area (Å²) in [6.07, 6.45) is 6.45. The van der Waals surface area contributed by atoms with E-state index in [2.05, 4.69) is 33.4 Å². The van der Waals surface area contributed by atoms with Crippen LogP contribution in [-0.4, -0.2) is 43.4 Å². The van der Waals surface area contributed by atoms with Gasteiger partial charge >= 0.3 is 5.69 Å². The molecular weight excluding hydrogens is 358 g/mol. The Morgan fingerprint density at radius 1 is 1.25 bits per heavy atom. The van der Waals surface area contributed by atoms with Crippen LogP contribution >= 0.6 is 0 Å². The first-order valence-corrected chi connectivity index (χ1v) is 9.96. The van der Waals surface area contributed by atoms with Crippen LogP contribution in [0.5, 0.6) is 0 Å². The van der Waals surface area contributed by atoms with E-state index in [4.69, 9.17) is 0 Å². The van der Waals surface area contributed by atoms with Crippen LogP contribution in [0.25, 0.3) is 0 Å². The van der Waals surface area contributed by atoms with Gasteiger partial charge in [-0.2, -0.15) is 0 Å². The lowest BCUT2D eigenvalue weighted by molar-refractivity contribution is -0.132. The number of hydrogen-bond donors (Lipinski definition) is 2. The number of H-pyrrole nitrogens is 2. The molecule has 8 nitrogen and oxygen atoms in total. The van der Waals surface area contributed by atoms with Gasteiger partial charge in [-0.3, -0.25) is 14.6 Å². The largest absolute Gasteiger partial charge is 0.343 e. The van der Waals surface area contributed by atoms with Gasteiger partial charge in [0, 0.05) is 55.6 Å². The highest BCUT2D eigenvalue weighted by molar-refractivity contribution is 5.76. The molecule has 28 heavy (non-hydrogen) atoms. The number of piperidine rings is 1. The summed E-state index contributed by atoms with van der Waals surface area (Å²) in [6, 6.07) is 0. The van der Waals surface area contributed by atoms with Gasteiger partial charge in [0.05, 0.1) is 0 Å². The molecule has 1 aliphatic rings. The van der Waals surface area contributed by atoms with Gasteiger partial charge in [0.2, 0.25) is 5.91 Å². The van der Waals surface area contributed by atoms with Crippen LogP contribution in [0, 0.1) is 12.8 Å². The predicted octanol–water partition coefficient (Wildman–Crippen LogP) is 1.56. The molecular formula is C20H29N5O3. The number of amides is 1. The zero-order chi connectivity index (χ0) is 20.3. The summed E-state index contributed by atoms with van der Waals surface area (Å²) in [5.41, 5.74) is 0.0814. The van der Waals surface area contributed by atoms with Crippen LogP contribution in [0.4, 0.5) is 0 Å². The van der Waals surface area contributed by atoms with Crippen molar-refractivity contribution in [1.29, 1.82) is 0 Å². The Bertz CT molecular complexity index is 932. The summed E-state index contributed by atoms with van der Waals surface area (Å²) < 4.78 is 2.23. The number of hydrogen-bond acceptors (Lipinski definition) is 4. The second-order valence-corrected chi connectivity index (χ2v) is 7.93. The van der Waals surface area contributed by atoms with Crippen LogP contribution in [0.15, 0.2) is 22.0 Å². The Kier molecular flexibility index (Phi) is 6.16. The molecule has 0 spiro atoms. The summed E-state index contributed by atoms with van der Waals surface area (Å²) in [5, 5.41) is 0. The average molecular weight is 387 g/mol. The molecule has 1 amide bonds. The summed E-state index contributed by atoms with van der Waals surface area (Å²) in [6.45, 7) is 8.42. The highest BCUT2D eigenvalue weighted by atomic mass is 16.2. The monoisotopic (exact) mass is 387 g/mol. The molecule has 3 rings (SSSR count). The molecule has 2 N–H and O–H groups in total. The van der Waals surface area contributed by atoms with Crippen LogP contribution < -0.4 is 11.2 Å². The first-order valence-electron chi connectivity index (χ1n) is 9.96. The molecule has 3 heterocycles. The molecule has 0 aromatic carbocycles. The molecule has 8 heteroatoms. The number of imidazole rings is 1. The second kappa shape index (κ2) is 8.58. The maximum Gasteiger partial charge on any atom is 0.325 e. The molecule has 2 aromatic rings. The summed E-state index contributed by atoms with van der Waals surface area (Å²) in [7, 11) is 0. The number of nitrogens with one attached hydrogen (secondary N) is 2. The van der Waals surface area contributed by atoms with Gasteiger partial charge < -0.3 is 14.5 Å². The number of aromatic amines is 2. The molecule has 2 aromatic heterocycles. The first kappa shape index (κ1) is 20.1. The maximum atomic E-state index is 12.6. The molecule has 0 unspecified atom stereocenters. The lowest BCUT2D eigenvalue weighted by Gasteiger charge is -2.32. The summed E-state index contributed by atoms with van der Waals surface area (Å²) >= 11 is 0. The van der Waals surface area contributed by atoms with Crippen molar-refractivity contribution < 1.29 is 4.79 Å². The van der Waals surface area contributed by atoms with E-state index in [0.717, 1.165) is 38.3 Å². The Labute approximate surface area is 164 Å². The molecule has 0 atom stereocenters. The van der Waals surface area contributed by atoms with Crippen molar-refractivity contribution in [2.24, 2.45) is 5.92 Å². The van der Waals surface area contributed by atoms with Gasteiger partial charge in [-0.05, 0) is 32.1 Å². The number of carbonyl (C=O) groups excluding carboxylic acids is 1. The van der Waals surface area contributed by atoms with Gasteiger partial charge in [-0.15, -0.1) is 0 Å². The van der Waals surface area contributed by atoms with Gasteiger partial charge in [0.25, 0.3) is 5.56 Å². The number of likely N-dealkylation sites (tertiary alicyclic amines) is 1. The number of carbonyl (C=O) groups is 1. The Hall–Kier alpha value is -2.64. The third-order valence-corrected chi connectivity index (χ3v) is 5.53. The average Bonchev–Trinajstić information content (AvgIpc) is 3.09. The van der Waals surface area contributed by atoms with Crippen LogP contribution in [0.2, 0.25) is 0 Å². The minimum Gasteiger partial charge on any atom is -0.343 e. The normalized spacial score (nSPS) is 15.4. The van der Waals surface area contributed by atoms with E-state index in [9.17, 15) is 14.4 Å². The van der Waals surface area contributed by atoms with E-state index < -0.39 is 11.2 Å². The number of aromatic nitrogens is 4. The summed E-state index contributed by atoms with van der Waals surface area (Å²) in [5.74, 6) is 2.12. The maximum absolute atomic E-state index is 12.6. The van der Waals surface area contributed by atoms with Gasteiger partial charge in [-0.25, -0.2) is 9.78 Å². The smallest absolute Gasteiger partial charge is 0.325 e. The zero-order valence-corrected chi connectivity index (χ0v) is 16.8. The lowest BCUT2D eigenvalue weighted by atomic mass is 9.96. The van der Waals surface area contributed by atoms with Crippen LogP contribution in [0.1, 0.15) is 56.1 Å². The third kappa shape index (κ3) is 4.61.